The van der Waals surface area contributed by atoms with Gasteiger partial charge in [0.1, 0.15) is 6.61 Å². The van der Waals surface area contributed by atoms with Crippen molar-refractivity contribution in [3.05, 3.63) is 0 Å². The first-order valence-corrected chi connectivity index (χ1v) is 9.11. The summed E-state index contributed by atoms with van der Waals surface area (Å²) < 4.78 is 15.8. The van der Waals surface area contributed by atoms with Gasteiger partial charge in [0.05, 0.1) is 25.0 Å². The number of carbonyl (C=O) groups excluding carboxylic acids is 2. The highest BCUT2D eigenvalue weighted by Crippen LogP contribution is 2.32. The van der Waals surface area contributed by atoms with Crippen LogP contribution in [-0.4, -0.2) is 38.4 Å². The first kappa shape index (κ1) is 19.9. The molecule has 134 valence electrons. The Morgan fingerprint density at radius 2 is 1.43 bits per heavy atom. The van der Waals surface area contributed by atoms with Gasteiger partial charge >= 0.3 is 11.9 Å². The second kappa shape index (κ2) is 12.3. The molecule has 0 spiro atoms. The van der Waals surface area contributed by atoms with Gasteiger partial charge in [-0.2, -0.15) is 0 Å². The minimum atomic E-state index is -0.353. The Labute approximate surface area is 140 Å². The Bertz CT molecular complexity index is 342. The summed E-state index contributed by atoms with van der Waals surface area (Å²) in [6.45, 7) is 5.77. The monoisotopic (exact) mass is 328 g/mol. The molecule has 0 bridgehead atoms. The van der Waals surface area contributed by atoms with Gasteiger partial charge in [0, 0.05) is 6.61 Å². The molecule has 0 aromatic carbocycles. The number of unbranched alkanes of at least 4 members (excludes halogenated alkanes) is 3. The molecule has 1 rings (SSSR count). The van der Waals surface area contributed by atoms with Crippen LogP contribution in [0.4, 0.5) is 0 Å². The third-order valence-electron chi connectivity index (χ3n) is 4.29. The van der Waals surface area contributed by atoms with E-state index in [2.05, 4.69) is 6.92 Å². The molecule has 1 saturated carbocycles. The maximum absolute atomic E-state index is 12.3. The summed E-state index contributed by atoms with van der Waals surface area (Å²) in [4.78, 5) is 24.5. The third-order valence-corrected chi connectivity index (χ3v) is 4.29. The van der Waals surface area contributed by atoms with Crippen molar-refractivity contribution in [1.29, 1.82) is 0 Å². The second-order valence-electron chi connectivity index (χ2n) is 6.09. The average Bonchev–Trinajstić information content (AvgIpc) is 2.58. The standard InChI is InChI=1S/C18H32O5/c1-3-5-6-9-12-22-17(19)15-10-7-8-11-16(15)18(20)23-14-13-21-4-2/h15-16H,3-14H2,1-2H3. The summed E-state index contributed by atoms with van der Waals surface area (Å²) >= 11 is 0. The van der Waals surface area contributed by atoms with Gasteiger partial charge in [-0.05, 0) is 26.2 Å². The summed E-state index contributed by atoms with van der Waals surface area (Å²) in [5.41, 5.74) is 0. The quantitative estimate of drug-likeness (QED) is 0.429. The van der Waals surface area contributed by atoms with E-state index < -0.39 is 0 Å². The highest BCUT2D eigenvalue weighted by atomic mass is 16.6. The van der Waals surface area contributed by atoms with Gasteiger partial charge in [0.15, 0.2) is 0 Å². The molecule has 0 heterocycles. The Kier molecular flexibility index (Phi) is 10.7. The molecule has 23 heavy (non-hydrogen) atoms. The van der Waals surface area contributed by atoms with Gasteiger partial charge in [-0.3, -0.25) is 9.59 Å². The van der Waals surface area contributed by atoms with E-state index in [9.17, 15) is 9.59 Å². The van der Waals surface area contributed by atoms with Crippen LogP contribution in [0.15, 0.2) is 0 Å². The minimum Gasteiger partial charge on any atom is -0.465 e. The second-order valence-corrected chi connectivity index (χ2v) is 6.09. The lowest BCUT2D eigenvalue weighted by atomic mass is 9.79. The summed E-state index contributed by atoms with van der Waals surface area (Å²) in [5, 5.41) is 0. The van der Waals surface area contributed by atoms with E-state index in [1.54, 1.807) is 0 Å². The zero-order valence-electron chi connectivity index (χ0n) is 14.7. The fourth-order valence-electron chi connectivity index (χ4n) is 2.96. The van der Waals surface area contributed by atoms with E-state index >= 15 is 0 Å². The summed E-state index contributed by atoms with van der Waals surface area (Å²) in [5.74, 6) is -1.20. The topological polar surface area (TPSA) is 61.8 Å². The molecule has 2 atom stereocenters. The SMILES string of the molecule is CCCCCCOC(=O)C1CCCCC1C(=O)OCCOCC. The van der Waals surface area contributed by atoms with Crippen LogP contribution in [0.5, 0.6) is 0 Å². The fraction of sp³-hybridized carbons (Fsp3) is 0.889. The molecule has 0 aromatic rings. The molecular formula is C18H32O5. The number of hydrogen-bond acceptors (Lipinski definition) is 5. The molecule has 5 nitrogen and oxygen atoms in total. The molecule has 5 heteroatoms. The van der Waals surface area contributed by atoms with E-state index in [1.165, 1.54) is 0 Å². The van der Waals surface area contributed by atoms with Crippen LogP contribution in [0.2, 0.25) is 0 Å². The van der Waals surface area contributed by atoms with Crippen molar-refractivity contribution < 1.29 is 23.8 Å². The molecule has 0 aliphatic heterocycles. The lowest BCUT2D eigenvalue weighted by Crippen LogP contribution is -2.35. The number of ether oxygens (including phenoxy) is 3. The van der Waals surface area contributed by atoms with E-state index in [0.717, 1.165) is 44.9 Å². The van der Waals surface area contributed by atoms with E-state index in [-0.39, 0.29) is 30.4 Å². The lowest BCUT2D eigenvalue weighted by molar-refractivity contribution is -0.163. The average molecular weight is 328 g/mol. The van der Waals surface area contributed by atoms with Gasteiger partial charge < -0.3 is 14.2 Å². The van der Waals surface area contributed by atoms with Crippen LogP contribution in [0.25, 0.3) is 0 Å². The highest BCUT2D eigenvalue weighted by molar-refractivity contribution is 5.82. The predicted molar refractivity (Wildman–Crippen MR) is 88.0 cm³/mol. The van der Waals surface area contributed by atoms with Crippen molar-refractivity contribution in [1.82, 2.24) is 0 Å². The molecule has 0 amide bonds. The number of esters is 2. The van der Waals surface area contributed by atoms with Crippen LogP contribution in [0.3, 0.4) is 0 Å². The minimum absolute atomic E-state index is 0.229. The van der Waals surface area contributed by atoms with Crippen molar-refractivity contribution in [2.75, 3.05) is 26.4 Å². The van der Waals surface area contributed by atoms with Crippen LogP contribution >= 0.6 is 0 Å². The Morgan fingerprint density at radius 3 is 2.00 bits per heavy atom. The smallest absolute Gasteiger partial charge is 0.309 e. The third kappa shape index (κ3) is 7.82. The van der Waals surface area contributed by atoms with Gasteiger partial charge in [-0.15, -0.1) is 0 Å². The lowest BCUT2D eigenvalue weighted by Gasteiger charge is -2.28. The summed E-state index contributed by atoms with van der Waals surface area (Å²) in [6, 6.07) is 0. The Balaban J connectivity index is 2.37. The molecule has 1 fully saturated rings. The summed E-state index contributed by atoms with van der Waals surface area (Å²) in [6.07, 6.45) is 7.67. The maximum atomic E-state index is 12.3. The van der Waals surface area contributed by atoms with Crippen LogP contribution in [0.1, 0.15) is 65.2 Å². The summed E-state index contributed by atoms with van der Waals surface area (Å²) in [7, 11) is 0. The maximum Gasteiger partial charge on any atom is 0.309 e. The normalized spacial score (nSPS) is 21.0. The van der Waals surface area contributed by atoms with E-state index in [1.807, 2.05) is 6.92 Å². The van der Waals surface area contributed by atoms with Gasteiger partial charge in [0.25, 0.3) is 0 Å². The van der Waals surface area contributed by atoms with Crippen molar-refractivity contribution in [2.24, 2.45) is 11.8 Å². The molecular weight excluding hydrogens is 296 g/mol. The molecule has 0 saturated heterocycles. The van der Waals surface area contributed by atoms with Crippen LogP contribution < -0.4 is 0 Å². The van der Waals surface area contributed by atoms with Crippen LogP contribution in [0, 0.1) is 11.8 Å². The van der Waals surface area contributed by atoms with Gasteiger partial charge in [0.2, 0.25) is 0 Å². The molecule has 1 aliphatic rings. The van der Waals surface area contributed by atoms with Crippen LogP contribution in [-0.2, 0) is 23.8 Å². The Morgan fingerprint density at radius 1 is 0.826 bits per heavy atom. The van der Waals surface area contributed by atoms with Crippen molar-refractivity contribution in [2.45, 2.75) is 65.2 Å². The highest BCUT2D eigenvalue weighted by Gasteiger charge is 2.37. The first-order chi connectivity index (χ1) is 11.2. The Hall–Kier alpha value is -1.10. The molecule has 0 radical (unpaired) electrons. The molecule has 2 unspecified atom stereocenters. The zero-order valence-corrected chi connectivity index (χ0v) is 14.7. The van der Waals surface area contributed by atoms with E-state index in [4.69, 9.17) is 14.2 Å². The first-order valence-electron chi connectivity index (χ1n) is 9.11. The van der Waals surface area contributed by atoms with Crippen molar-refractivity contribution in [3.8, 4) is 0 Å². The number of carbonyl (C=O) groups is 2. The molecule has 0 N–H and O–H groups in total. The molecule has 1 aliphatic carbocycles. The predicted octanol–water partition coefficient (Wildman–Crippen LogP) is 3.50. The van der Waals surface area contributed by atoms with E-state index in [0.29, 0.717) is 26.2 Å². The largest absolute Gasteiger partial charge is 0.465 e. The zero-order chi connectivity index (χ0) is 16.9. The van der Waals surface area contributed by atoms with Crippen molar-refractivity contribution in [3.63, 3.8) is 0 Å². The number of rotatable bonds is 11. The van der Waals surface area contributed by atoms with Crippen molar-refractivity contribution >= 4 is 11.9 Å². The fourth-order valence-corrected chi connectivity index (χ4v) is 2.96. The van der Waals surface area contributed by atoms with Gasteiger partial charge in [-0.1, -0.05) is 39.0 Å². The molecule has 0 aromatic heterocycles. The van der Waals surface area contributed by atoms with Gasteiger partial charge in [-0.25, -0.2) is 0 Å². The number of hydrogen-bond donors (Lipinski definition) is 0.